The lowest BCUT2D eigenvalue weighted by atomic mass is 10.1. The first kappa shape index (κ1) is 14.8. The summed E-state index contributed by atoms with van der Waals surface area (Å²) >= 11 is 6.33. The number of likely N-dealkylation sites (tertiary alicyclic amines) is 1. The van der Waals surface area contributed by atoms with Crippen LogP contribution in [0.1, 0.15) is 36.5 Å². The highest BCUT2D eigenvalue weighted by Crippen LogP contribution is 2.24. The van der Waals surface area contributed by atoms with E-state index in [0.717, 1.165) is 22.7 Å². The fraction of sp³-hybridized carbons (Fsp3) is 0.600. The van der Waals surface area contributed by atoms with Gasteiger partial charge in [0.15, 0.2) is 0 Å². The lowest BCUT2D eigenvalue weighted by molar-refractivity contribution is 0.177. The summed E-state index contributed by atoms with van der Waals surface area (Å²) in [6.07, 6.45) is 3.43. The van der Waals surface area contributed by atoms with Crippen LogP contribution >= 0.6 is 11.6 Å². The van der Waals surface area contributed by atoms with E-state index in [1.54, 1.807) is 0 Å². The van der Waals surface area contributed by atoms with Gasteiger partial charge in [-0.1, -0.05) is 30.2 Å². The van der Waals surface area contributed by atoms with Crippen LogP contribution in [-0.4, -0.2) is 36.7 Å². The van der Waals surface area contributed by atoms with Crippen LogP contribution in [0.15, 0.2) is 18.2 Å². The van der Waals surface area contributed by atoms with E-state index in [1.165, 1.54) is 32.4 Å². The number of likely N-dealkylation sites (N-methyl/N-ethyl adjacent to an activating group) is 1. The summed E-state index contributed by atoms with van der Waals surface area (Å²) in [5.41, 5.74) is 2.03. The molecule has 4 heteroatoms. The van der Waals surface area contributed by atoms with E-state index in [0.29, 0.717) is 6.54 Å². The van der Waals surface area contributed by atoms with Crippen molar-refractivity contribution in [2.75, 3.05) is 26.7 Å². The summed E-state index contributed by atoms with van der Waals surface area (Å²) in [5, 5.41) is 13.7. The van der Waals surface area contributed by atoms with Crippen LogP contribution in [0.5, 0.6) is 0 Å². The van der Waals surface area contributed by atoms with E-state index in [1.807, 2.05) is 25.2 Å². The maximum atomic E-state index is 9.93. The van der Waals surface area contributed by atoms with Crippen molar-refractivity contribution in [1.29, 1.82) is 0 Å². The molecule has 19 heavy (non-hydrogen) atoms. The molecule has 1 aromatic carbocycles. The molecule has 1 saturated heterocycles. The monoisotopic (exact) mass is 282 g/mol. The highest BCUT2D eigenvalue weighted by atomic mass is 35.5. The first-order valence-corrected chi connectivity index (χ1v) is 7.42. The fourth-order valence-corrected chi connectivity index (χ4v) is 2.82. The van der Waals surface area contributed by atoms with Gasteiger partial charge in [0, 0.05) is 18.1 Å². The van der Waals surface area contributed by atoms with Gasteiger partial charge in [-0.15, -0.1) is 0 Å². The Bertz CT molecular complexity index is 405. The van der Waals surface area contributed by atoms with Crippen molar-refractivity contribution in [2.24, 2.45) is 0 Å². The number of hydrogen-bond donors (Lipinski definition) is 2. The number of nitrogens with zero attached hydrogens (tertiary/aromatic N) is 1. The third-order valence-electron chi connectivity index (χ3n) is 3.70. The van der Waals surface area contributed by atoms with Gasteiger partial charge < -0.3 is 10.4 Å². The molecule has 1 aliphatic rings. The molecule has 0 saturated carbocycles. The molecular formula is C15H23ClN2O. The van der Waals surface area contributed by atoms with Crippen molar-refractivity contribution < 1.29 is 5.11 Å². The van der Waals surface area contributed by atoms with Crippen LogP contribution < -0.4 is 5.32 Å². The van der Waals surface area contributed by atoms with Crippen molar-refractivity contribution in [1.82, 2.24) is 10.2 Å². The highest BCUT2D eigenvalue weighted by Gasteiger charge is 2.13. The summed E-state index contributed by atoms with van der Waals surface area (Å²) in [6.45, 7) is 3.80. The summed E-state index contributed by atoms with van der Waals surface area (Å²) < 4.78 is 0. The molecule has 0 spiro atoms. The zero-order valence-corrected chi connectivity index (χ0v) is 12.3. The Balaban J connectivity index is 2.01. The molecule has 0 amide bonds. The number of aliphatic hydroxyl groups excluding tert-OH is 1. The number of benzene rings is 1. The molecule has 0 bridgehead atoms. The molecule has 2 rings (SSSR count). The van der Waals surface area contributed by atoms with Gasteiger partial charge in [0.1, 0.15) is 0 Å². The number of halogens is 1. The molecule has 1 unspecified atom stereocenters. The van der Waals surface area contributed by atoms with Crippen molar-refractivity contribution in [3.05, 3.63) is 34.3 Å². The third-order valence-corrected chi connectivity index (χ3v) is 4.05. The van der Waals surface area contributed by atoms with Crippen LogP contribution in [0.4, 0.5) is 0 Å². The second-order valence-corrected chi connectivity index (χ2v) is 5.67. The largest absolute Gasteiger partial charge is 0.387 e. The Labute approximate surface area is 120 Å². The van der Waals surface area contributed by atoms with E-state index in [-0.39, 0.29) is 0 Å². The summed E-state index contributed by atoms with van der Waals surface area (Å²) in [6, 6.07) is 5.92. The van der Waals surface area contributed by atoms with Crippen LogP contribution in [0, 0.1) is 0 Å². The zero-order valence-electron chi connectivity index (χ0n) is 11.5. The van der Waals surface area contributed by atoms with Crippen LogP contribution in [0.2, 0.25) is 5.02 Å². The Kier molecular flexibility index (Phi) is 5.64. The molecule has 1 atom stereocenters. The lowest BCUT2D eigenvalue weighted by Crippen LogP contribution is -2.29. The number of aliphatic hydroxyl groups is 1. The number of nitrogens with one attached hydrogen (secondary N) is 1. The van der Waals surface area contributed by atoms with Gasteiger partial charge in [-0.05, 0) is 50.2 Å². The van der Waals surface area contributed by atoms with Gasteiger partial charge >= 0.3 is 0 Å². The van der Waals surface area contributed by atoms with Crippen LogP contribution in [0.3, 0.4) is 0 Å². The Morgan fingerprint density at radius 1 is 1.32 bits per heavy atom. The van der Waals surface area contributed by atoms with Gasteiger partial charge in [0.25, 0.3) is 0 Å². The van der Waals surface area contributed by atoms with Crippen molar-refractivity contribution >= 4 is 11.6 Å². The molecular weight excluding hydrogens is 260 g/mol. The lowest BCUT2D eigenvalue weighted by Gasteiger charge is -2.27. The van der Waals surface area contributed by atoms with Crippen molar-refractivity contribution in [2.45, 2.75) is 31.9 Å². The minimum atomic E-state index is -0.494. The van der Waals surface area contributed by atoms with E-state index in [2.05, 4.69) is 10.2 Å². The zero-order chi connectivity index (χ0) is 13.7. The predicted octanol–water partition coefficient (Wildman–Crippen LogP) is 2.58. The van der Waals surface area contributed by atoms with E-state index in [9.17, 15) is 5.11 Å². The Hall–Kier alpha value is -0.610. The maximum Gasteiger partial charge on any atom is 0.0914 e. The van der Waals surface area contributed by atoms with Gasteiger partial charge in [-0.2, -0.15) is 0 Å². The van der Waals surface area contributed by atoms with Crippen molar-refractivity contribution in [3.8, 4) is 0 Å². The topological polar surface area (TPSA) is 35.5 Å². The van der Waals surface area contributed by atoms with E-state index in [4.69, 9.17) is 11.6 Å². The minimum Gasteiger partial charge on any atom is -0.387 e. The molecule has 1 heterocycles. The van der Waals surface area contributed by atoms with Crippen LogP contribution in [-0.2, 0) is 6.54 Å². The summed E-state index contributed by atoms with van der Waals surface area (Å²) in [5.74, 6) is 0. The Morgan fingerprint density at radius 2 is 2.05 bits per heavy atom. The number of rotatable bonds is 5. The molecule has 1 fully saturated rings. The first-order chi connectivity index (χ1) is 9.20. The van der Waals surface area contributed by atoms with E-state index < -0.39 is 6.10 Å². The SMILES string of the molecule is CNCC(O)c1ccc(CN2CCCCC2)c(Cl)c1. The second kappa shape index (κ2) is 7.25. The quantitative estimate of drug-likeness (QED) is 0.871. The fourth-order valence-electron chi connectivity index (χ4n) is 2.57. The smallest absolute Gasteiger partial charge is 0.0914 e. The van der Waals surface area contributed by atoms with Crippen molar-refractivity contribution in [3.63, 3.8) is 0 Å². The molecule has 106 valence electrons. The standard InChI is InChI=1S/C15H23ClN2O/c1-17-10-15(19)12-5-6-13(14(16)9-12)11-18-7-3-2-4-8-18/h5-6,9,15,17,19H,2-4,7-8,10-11H2,1H3. The Morgan fingerprint density at radius 3 is 2.68 bits per heavy atom. The normalized spacial score (nSPS) is 18.5. The molecule has 2 N–H and O–H groups in total. The molecule has 3 nitrogen and oxygen atoms in total. The molecule has 0 aliphatic carbocycles. The molecule has 0 radical (unpaired) electrons. The van der Waals surface area contributed by atoms with Gasteiger partial charge in [0.05, 0.1) is 6.10 Å². The van der Waals surface area contributed by atoms with Crippen LogP contribution in [0.25, 0.3) is 0 Å². The average Bonchev–Trinajstić information content (AvgIpc) is 2.42. The predicted molar refractivity (Wildman–Crippen MR) is 79.5 cm³/mol. The average molecular weight is 283 g/mol. The number of piperidine rings is 1. The highest BCUT2D eigenvalue weighted by molar-refractivity contribution is 6.31. The molecule has 0 aromatic heterocycles. The van der Waals surface area contributed by atoms with Gasteiger partial charge in [-0.3, -0.25) is 4.90 Å². The summed E-state index contributed by atoms with van der Waals surface area (Å²) in [4.78, 5) is 2.45. The second-order valence-electron chi connectivity index (χ2n) is 5.26. The maximum absolute atomic E-state index is 9.93. The third kappa shape index (κ3) is 4.18. The van der Waals surface area contributed by atoms with E-state index >= 15 is 0 Å². The molecule has 1 aromatic rings. The summed E-state index contributed by atoms with van der Waals surface area (Å²) in [7, 11) is 1.83. The number of hydrogen-bond acceptors (Lipinski definition) is 3. The minimum absolute atomic E-state index is 0.494. The van der Waals surface area contributed by atoms with Gasteiger partial charge in [-0.25, -0.2) is 0 Å². The first-order valence-electron chi connectivity index (χ1n) is 7.04. The molecule has 1 aliphatic heterocycles. The van der Waals surface area contributed by atoms with Gasteiger partial charge in [0.2, 0.25) is 0 Å².